The number of amides is 2. The van der Waals surface area contributed by atoms with Crippen LogP contribution >= 0.6 is 0 Å². The first-order valence-corrected chi connectivity index (χ1v) is 15.3. The van der Waals surface area contributed by atoms with Gasteiger partial charge in [-0.15, -0.1) is 5.10 Å². The minimum atomic E-state index is -1.65. The molecule has 0 bridgehead atoms. The maximum Gasteiger partial charge on any atom is 0.338 e. The average Bonchev–Trinajstić information content (AvgIpc) is 3.82. The fourth-order valence-corrected chi connectivity index (χ4v) is 5.83. The van der Waals surface area contributed by atoms with E-state index in [1.165, 1.54) is 4.90 Å². The van der Waals surface area contributed by atoms with Gasteiger partial charge in [-0.3, -0.25) is 14.7 Å². The van der Waals surface area contributed by atoms with Crippen molar-refractivity contribution in [2.75, 3.05) is 31.8 Å². The number of carbonyl (C=O) groups excluding carboxylic acids is 3. The number of hydrogen-bond donors (Lipinski definition) is 3. The van der Waals surface area contributed by atoms with Crippen LogP contribution in [0.15, 0.2) is 78.9 Å². The molecular weight excluding hydrogens is 618 g/mol. The number of nitrogens with one attached hydrogen (secondary N) is 2. The van der Waals surface area contributed by atoms with E-state index < -0.39 is 47.7 Å². The van der Waals surface area contributed by atoms with Crippen LogP contribution in [0.25, 0.3) is 0 Å². The first kappa shape index (κ1) is 31.1. The number of anilines is 1. The summed E-state index contributed by atoms with van der Waals surface area (Å²) in [5.74, 6) is 5.15. The first-order valence-electron chi connectivity index (χ1n) is 15.3. The van der Waals surface area contributed by atoms with Crippen molar-refractivity contribution in [3.05, 3.63) is 107 Å². The molecule has 4 heterocycles. The lowest BCUT2D eigenvalue weighted by molar-refractivity contribution is -0.120. The Morgan fingerprint density at radius 1 is 1.08 bits per heavy atom. The molecule has 2 saturated heterocycles. The van der Waals surface area contributed by atoms with Gasteiger partial charge < -0.3 is 34.3 Å². The zero-order chi connectivity index (χ0) is 33.3. The van der Waals surface area contributed by atoms with E-state index in [2.05, 4.69) is 32.3 Å². The van der Waals surface area contributed by atoms with Gasteiger partial charge in [-0.2, -0.15) is 0 Å². The summed E-state index contributed by atoms with van der Waals surface area (Å²) < 4.78 is 23.1. The average molecular weight is 650 g/mol. The molecule has 13 nitrogen and oxygen atoms in total. The number of esters is 1. The molecule has 244 valence electrons. The molecule has 0 saturated carbocycles. The van der Waals surface area contributed by atoms with E-state index in [0.717, 1.165) is 5.56 Å². The fourth-order valence-electron chi connectivity index (χ4n) is 5.83. The Hall–Kier alpha value is -5.55. The largest absolute Gasteiger partial charge is 0.489 e. The second kappa shape index (κ2) is 12.9. The Kier molecular flexibility index (Phi) is 8.36. The number of fused-ring (bicyclic) bond motifs is 2. The maximum atomic E-state index is 13.4. The lowest BCUT2D eigenvalue weighted by Crippen LogP contribution is -2.49. The number of aliphatic hydroxyl groups is 1. The van der Waals surface area contributed by atoms with Gasteiger partial charge in [0.05, 0.1) is 24.5 Å². The van der Waals surface area contributed by atoms with Crippen LogP contribution in [-0.4, -0.2) is 94.9 Å². The Balaban J connectivity index is 0.996. The molecule has 0 spiro atoms. The van der Waals surface area contributed by atoms with Gasteiger partial charge in [0.1, 0.15) is 36.4 Å². The van der Waals surface area contributed by atoms with E-state index in [1.54, 1.807) is 55.6 Å². The van der Waals surface area contributed by atoms with Crippen LogP contribution in [0.2, 0.25) is 0 Å². The van der Waals surface area contributed by atoms with E-state index in [4.69, 9.17) is 18.9 Å². The van der Waals surface area contributed by atoms with Crippen molar-refractivity contribution in [3.63, 3.8) is 0 Å². The number of benzene rings is 3. The van der Waals surface area contributed by atoms with E-state index in [9.17, 15) is 19.5 Å². The molecule has 2 fully saturated rings. The van der Waals surface area contributed by atoms with Crippen LogP contribution < -0.4 is 15.0 Å². The van der Waals surface area contributed by atoms with E-state index in [-0.39, 0.29) is 25.6 Å². The maximum absolute atomic E-state index is 13.4. The molecule has 4 aromatic rings. The number of likely N-dealkylation sites (N-methyl/N-ethyl adjacent to an activating group) is 1. The SMILES string of the molecule is CN1C(=O)C(NC(=O)c2n[nH]c(Cc3ccccc3)n2)COc2ccc(C#C[C@@]3(O)CO[C@H]4C3OC[C@@H]4OC(=O)c3ccccc3)cc21. The molecule has 0 aliphatic carbocycles. The van der Waals surface area contributed by atoms with Crippen molar-refractivity contribution in [1.82, 2.24) is 20.5 Å². The Bertz CT molecular complexity index is 1910. The molecule has 0 radical (unpaired) electrons. The number of aromatic amines is 1. The van der Waals surface area contributed by atoms with Gasteiger partial charge in [0.25, 0.3) is 11.8 Å². The molecule has 2 amide bonds. The smallest absolute Gasteiger partial charge is 0.338 e. The summed E-state index contributed by atoms with van der Waals surface area (Å²) in [6, 6.07) is 22.3. The molecule has 7 rings (SSSR count). The Labute approximate surface area is 275 Å². The van der Waals surface area contributed by atoms with Gasteiger partial charge in [0, 0.05) is 19.0 Å². The molecule has 3 aliphatic rings. The third-order valence-electron chi connectivity index (χ3n) is 8.37. The second-order valence-corrected chi connectivity index (χ2v) is 11.7. The molecule has 1 aromatic heterocycles. The third kappa shape index (κ3) is 6.24. The predicted molar refractivity (Wildman–Crippen MR) is 169 cm³/mol. The molecule has 48 heavy (non-hydrogen) atoms. The number of nitrogens with zero attached hydrogens (tertiary/aromatic N) is 3. The highest BCUT2D eigenvalue weighted by Crippen LogP contribution is 2.36. The highest BCUT2D eigenvalue weighted by molar-refractivity contribution is 6.02. The molecule has 2 unspecified atom stereocenters. The van der Waals surface area contributed by atoms with Gasteiger partial charge in [-0.05, 0) is 35.9 Å². The van der Waals surface area contributed by atoms with Crippen molar-refractivity contribution < 1.29 is 38.4 Å². The van der Waals surface area contributed by atoms with Crippen LogP contribution in [0.3, 0.4) is 0 Å². The molecule has 5 atom stereocenters. The lowest BCUT2D eigenvalue weighted by Gasteiger charge is -2.21. The van der Waals surface area contributed by atoms with Crippen molar-refractivity contribution >= 4 is 23.5 Å². The van der Waals surface area contributed by atoms with Gasteiger partial charge in [0.15, 0.2) is 11.7 Å². The van der Waals surface area contributed by atoms with Crippen molar-refractivity contribution in [2.24, 2.45) is 0 Å². The van der Waals surface area contributed by atoms with E-state index >= 15 is 0 Å². The van der Waals surface area contributed by atoms with Crippen molar-refractivity contribution in [3.8, 4) is 17.6 Å². The van der Waals surface area contributed by atoms with Crippen LogP contribution in [0.1, 0.15) is 37.9 Å². The quantitative estimate of drug-likeness (QED) is 0.207. The zero-order valence-electron chi connectivity index (χ0n) is 25.8. The minimum Gasteiger partial charge on any atom is -0.489 e. The summed E-state index contributed by atoms with van der Waals surface area (Å²) >= 11 is 0. The normalized spacial score (nSPS) is 24.4. The second-order valence-electron chi connectivity index (χ2n) is 11.7. The summed E-state index contributed by atoms with van der Waals surface area (Å²) in [6.07, 6.45) is -1.73. The molecule has 3 aliphatic heterocycles. The number of ether oxygens (including phenoxy) is 4. The number of rotatable bonds is 6. The summed E-state index contributed by atoms with van der Waals surface area (Å²) in [5, 5.41) is 20.8. The van der Waals surface area contributed by atoms with Crippen LogP contribution in [0.4, 0.5) is 5.69 Å². The minimum absolute atomic E-state index is 0.0593. The van der Waals surface area contributed by atoms with E-state index in [1.807, 2.05) is 30.3 Å². The monoisotopic (exact) mass is 649 g/mol. The van der Waals surface area contributed by atoms with Crippen LogP contribution in [0, 0.1) is 11.8 Å². The third-order valence-corrected chi connectivity index (χ3v) is 8.37. The predicted octanol–water partition coefficient (Wildman–Crippen LogP) is 1.66. The first-order chi connectivity index (χ1) is 23.3. The number of H-pyrrole nitrogens is 1. The van der Waals surface area contributed by atoms with Crippen LogP contribution in [-0.2, 0) is 25.4 Å². The van der Waals surface area contributed by atoms with Crippen molar-refractivity contribution in [1.29, 1.82) is 0 Å². The highest BCUT2D eigenvalue weighted by Gasteiger charge is 2.57. The zero-order valence-corrected chi connectivity index (χ0v) is 25.8. The number of aromatic nitrogens is 3. The topological polar surface area (TPSA) is 165 Å². The standard InChI is InChI=1S/C35H31N5O8/c1-40-25-16-22(14-15-35(44)20-47-29-27(19-46-30(29)35)48-34(43)23-10-6-3-7-11-23)12-13-26(25)45-18-24(33(40)42)36-32(41)31-37-28(38-39-31)17-21-8-4-2-5-9-21/h2-13,16,24,27,29-30,44H,17-20H2,1H3,(H,36,41)(H,37,38,39)/t24?,27-,29+,30?,35+/m0/s1. The van der Waals surface area contributed by atoms with Gasteiger partial charge in [0.2, 0.25) is 5.82 Å². The summed E-state index contributed by atoms with van der Waals surface area (Å²) in [7, 11) is 1.57. The Morgan fingerprint density at radius 2 is 1.85 bits per heavy atom. The number of hydrogen-bond acceptors (Lipinski definition) is 10. The summed E-state index contributed by atoms with van der Waals surface area (Å²) in [5.41, 5.74) is 0.687. The highest BCUT2D eigenvalue weighted by atomic mass is 16.6. The van der Waals surface area contributed by atoms with E-state index in [0.29, 0.717) is 34.8 Å². The van der Waals surface area contributed by atoms with Crippen LogP contribution in [0.5, 0.6) is 5.75 Å². The molecule has 3 N–H and O–H groups in total. The van der Waals surface area contributed by atoms with Gasteiger partial charge in [-0.1, -0.05) is 60.4 Å². The van der Waals surface area contributed by atoms with Gasteiger partial charge >= 0.3 is 5.97 Å². The molecular formula is C35H31N5O8. The number of carbonyl (C=O) groups is 3. The molecule has 3 aromatic carbocycles. The Morgan fingerprint density at radius 3 is 2.65 bits per heavy atom. The molecule has 13 heteroatoms. The lowest BCUT2D eigenvalue weighted by atomic mass is 9.96. The van der Waals surface area contributed by atoms with Gasteiger partial charge in [-0.25, -0.2) is 9.78 Å². The fraction of sp³-hybridized carbons (Fsp3) is 0.286. The summed E-state index contributed by atoms with van der Waals surface area (Å²) in [6.45, 7) is -0.188. The van der Waals surface area contributed by atoms with Crippen molar-refractivity contribution in [2.45, 2.75) is 36.4 Å². The summed E-state index contributed by atoms with van der Waals surface area (Å²) in [4.78, 5) is 44.6.